The number of nitrogens with two attached hydrogens (primary N) is 2. The van der Waals surface area contributed by atoms with E-state index in [0.717, 1.165) is 24.3 Å². The summed E-state index contributed by atoms with van der Waals surface area (Å²) in [6.07, 6.45) is 7.25. The van der Waals surface area contributed by atoms with Crippen LogP contribution in [0.25, 0.3) is 0 Å². The topological polar surface area (TPSA) is 78.3 Å². The molecular formula is C25H30N2O2. The molecular weight excluding hydrogens is 360 g/mol. The first-order valence-corrected chi connectivity index (χ1v) is 10.8. The molecule has 0 heterocycles. The van der Waals surface area contributed by atoms with Crippen LogP contribution in [-0.2, 0) is 11.8 Å². The Labute approximate surface area is 172 Å². The van der Waals surface area contributed by atoms with Crippen LogP contribution in [0, 0.1) is 18.3 Å². The Hall–Kier alpha value is -2.33. The van der Waals surface area contributed by atoms with Crippen molar-refractivity contribution in [2.75, 3.05) is 5.73 Å². The summed E-state index contributed by atoms with van der Waals surface area (Å²) in [6.45, 7) is 4.20. The van der Waals surface area contributed by atoms with Crippen molar-refractivity contribution in [1.82, 2.24) is 0 Å². The van der Waals surface area contributed by atoms with Crippen molar-refractivity contribution in [1.29, 1.82) is 0 Å². The summed E-state index contributed by atoms with van der Waals surface area (Å²) in [7, 11) is 0. The third-order valence-corrected chi connectivity index (χ3v) is 8.02. The lowest BCUT2D eigenvalue weighted by molar-refractivity contribution is 0.0734. The fourth-order valence-electron chi connectivity index (χ4n) is 6.26. The number of hydrogen-bond donors (Lipinski definition) is 2. The molecule has 0 amide bonds. The molecule has 4 heteroatoms. The molecule has 4 N–H and O–H groups in total. The number of anilines is 1. The van der Waals surface area contributed by atoms with Crippen LogP contribution < -0.4 is 16.2 Å². The van der Waals surface area contributed by atoms with Gasteiger partial charge in [0.1, 0.15) is 5.75 Å². The number of esters is 1. The molecule has 0 saturated heterocycles. The quantitative estimate of drug-likeness (QED) is 0.449. The highest BCUT2D eigenvalue weighted by Crippen LogP contribution is 2.66. The second-order valence-corrected chi connectivity index (χ2v) is 9.70. The molecule has 29 heavy (non-hydrogen) atoms. The third kappa shape index (κ3) is 2.72. The maximum absolute atomic E-state index is 12.8. The van der Waals surface area contributed by atoms with Crippen molar-refractivity contribution < 1.29 is 9.53 Å². The fraction of sp³-hybridized carbons (Fsp3) is 0.480. The summed E-state index contributed by atoms with van der Waals surface area (Å²) in [5.41, 5.74) is 17.6. The molecule has 4 atom stereocenters. The summed E-state index contributed by atoms with van der Waals surface area (Å²) in [4.78, 5) is 12.8. The van der Waals surface area contributed by atoms with Gasteiger partial charge in [-0.05, 0) is 78.8 Å². The molecule has 2 bridgehead atoms. The first-order chi connectivity index (χ1) is 13.8. The van der Waals surface area contributed by atoms with Gasteiger partial charge < -0.3 is 16.2 Å². The van der Waals surface area contributed by atoms with E-state index in [1.165, 1.54) is 36.8 Å². The van der Waals surface area contributed by atoms with Gasteiger partial charge in [0.25, 0.3) is 0 Å². The van der Waals surface area contributed by atoms with E-state index in [9.17, 15) is 4.79 Å². The number of benzene rings is 2. The van der Waals surface area contributed by atoms with Crippen LogP contribution in [0.5, 0.6) is 5.75 Å². The number of fused-ring (bicyclic) bond motifs is 3. The average molecular weight is 391 g/mol. The molecule has 2 aromatic rings. The van der Waals surface area contributed by atoms with Gasteiger partial charge in [0.05, 0.1) is 5.56 Å². The molecule has 1 spiro atoms. The van der Waals surface area contributed by atoms with Crippen molar-refractivity contribution in [2.24, 2.45) is 17.1 Å². The van der Waals surface area contributed by atoms with E-state index < -0.39 is 5.97 Å². The second kappa shape index (κ2) is 6.33. The van der Waals surface area contributed by atoms with Crippen molar-refractivity contribution in [2.45, 2.75) is 63.8 Å². The van der Waals surface area contributed by atoms with E-state index in [-0.39, 0.29) is 16.9 Å². The van der Waals surface area contributed by atoms with Crippen molar-refractivity contribution in [3.8, 4) is 5.75 Å². The van der Waals surface area contributed by atoms with Gasteiger partial charge in [-0.2, -0.15) is 0 Å². The summed E-state index contributed by atoms with van der Waals surface area (Å²) < 4.78 is 5.78. The van der Waals surface area contributed by atoms with E-state index in [4.69, 9.17) is 16.2 Å². The monoisotopic (exact) mass is 390 g/mol. The predicted octanol–water partition coefficient (Wildman–Crippen LogP) is 4.52. The Kier molecular flexibility index (Phi) is 4.08. The van der Waals surface area contributed by atoms with Crippen LogP contribution in [0.1, 0.15) is 66.1 Å². The zero-order valence-corrected chi connectivity index (χ0v) is 17.3. The van der Waals surface area contributed by atoms with Crippen LogP contribution in [0.3, 0.4) is 0 Å². The summed E-state index contributed by atoms with van der Waals surface area (Å²) >= 11 is 0. The first kappa shape index (κ1) is 18.7. The molecule has 0 aromatic heterocycles. The average Bonchev–Trinajstić information content (AvgIpc) is 3.37. The predicted molar refractivity (Wildman–Crippen MR) is 115 cm³/mol. The van der Waals surface area contributed by atoms with Crippen molar-refractivity contribution in [3.05, 3.63) is 58.7 Å². The van der Waals surface area contributed by atoms with Crippen molar-refractivity contribution in [3.63, 3.8) is 0 Å². The summed E-state index contributed by atoms with van der Waals surface area (Å²) in [6, 6.07) is 11.8. The fourth-order valence-corrected chi connectivity index (χ4v) is 6.26. The van der Waals surface area contributed by atoms with Crippen LogP contribution in [0.15, 0.2) is 36.4 Å². The molecule has 1 unspecified atom stereocenters. The number of rotatable bonds is 2. The van der Waals surface area contributed by atoms with Crippen molar-refractivity contribution >= 4 is 11.7 Å². The number of ether oxygens (including phenoxy) is 1. The zero-order chi connectivity index (χ0) is 20.4. The van der Waals surface area contributed by atoms with E-state index in [1.54, 1.807) is 6.07 Å². The second-order valence-electron chi connectivity index (χ2n) is 9.70. The summed E-state index contributed by atoms with van der Waals surface area (Å²) in [5.74, 6) is 0.962. The smallest absolute Gasteiger partial charge is 0.345 e. The Morgan fingerprint density at radius 3 is 2.83 bits per heavy atom. The van der Waals surface area contributed by atoms with Crippen LogP contribution in [0.4, 0.5) is 5.69 Å². The lowest BCUT2D eigenvalue weighted by Crippen LogP contribution is -2.54. The molecule has 0 radical (unpaired) electrons. The minimum atomic E-state index is -0.401. The minimum absolute atomic E-state index is 0.0626. The molecule has 5 rings (SSSR count). The van der Waals surface area contributed by atoms with E-state index in [2.05, 4.69) is 19.1 Å². The standard InChI is InChI=1S/C25H30N2O2/c1-15-6-5-8-20(26)21(15)22(28)29-18-10-9-16-13-25-14-17(25)7-3-4-11-24(2,23(25)27)19(16)12-18/h5-6,8-10,12,17,23H,3-4,7,11,13-14,26-27H2,1-2H3/t17-,23+,24+,25?/m0/s1. The largest absolute Gasteiger partial charge is 0.423 e. The Bertz CT molecular complexity index is 980. The summed E-state index contributed by atoms with van der Waals surface area (Å²) in [5, 5.41) is 0. The van der Waals surface area contributed by atoms with Crippen LogP contribution >= 0.6 is 0 Å². The van der Waals surface area contributed by atoms with Gasteiger partial charge in [-0.25, -0.2) is 4.79 Å². The highest BCUT2D eigenvalue weighted by molar-refractivity contribution is 5.97. The number of nitrogen functional groups attached to an aromatic ring is 1. The molecule has 3 aliphatic rings. The maximum Gasteiger partial charge on any atom is 0.345 e. The van der Waals surface area contributed by atoms with Gasteiger partial charge in [-0.15, -0.1) is 0 Å². The van der Waals surface area contributed by atoms with Gasteiger partial charge in [0, 0.05) is 17.1 Å². The van der Waals surface area contributed by atoms with Gasteiger partial charge in [-0.3, -0.25) is 0 Å². The molecule has 2 saturated carbocycles. The Morgan fingerprint density at radius 1 is 1.21 bits per heavy atom. The van der Waals surface area contributed by atoms with Crippen LogP contribution in [-0.4, -0.2) is 12.0 Å². The number of carbonyl (C=O) groups is 1. The Morgan fingerprint density at radius 2 is 2.03 bits per heavy atom. The molecule has 0 aliphatic heterocycles. The maximum atomic E-state index is 12.8. The number of carbonyl (C=O) groups excluding carboxylic acids is 1. The SMILES string of the molecule is Cc1cccc(N)c1C(=O)Oc1ccc2c(c1)[C@@]1(C)CCCC[C@H]3CC3(C2)[C@@H]1N. The Balaban J connectivity index is 1.50. The minimum Gasteiger partial charge on any atom is -0.423 e. The van der Waals surface area contributed by atoms with Gasteiger partial charge in [0.15, 0.2) is 0 Å². The molecule has 2 fully saturated rings. The first-order valence-electron chi connectivity index (χ1n) is 10.8. The van der Waals surface area contributed by atoms with Crippen LogP contribution in [0.2, 0.25) is 0 Å². The molecule has 3 aliphatic carbocycles. The van der Waals surface area contributed by atoms with Gasteiger partial charge >= 0.3 is 5.97 Å². The number of hydrogen-bond acceptors (Lipinski definition) is 4. The molecule has 152 valence electrons. The van der Waals surface area contributed by atoms with E-state index in [1.807, 2.05) is 25.1 Å². The third-order valence-electron chi connectivity index (χ3n) is 8.02. The normalized spacial score (nSPS) is 32.4. The van der Waals surface area contributed by atoms with Gasteiger partial charge in [0.2, 0.25) is 0 Å². The molecule has 2 aromatic carbocycles. The zero-order valence-electron chi connectivity index (χ0n) is 17.3. The van der Waals surface area contributed by atoms with Gasteiger partial charge in [-0.1, -0.05) is 38.0 Å². The number of aryl methyl sites for hydroxylation is 1. The van der Waals surface area contributed by atoms with E-state index in [0.29, 0.717) is 17.0 Å². The highest BCUT2D eigenvalue weighted by atomic mass is 16.5. The lowest BCUT2D eigenvalue weighted by atomic mass is 9.59. The lowest BCUT2D eigenvalue weighted by Gasteiger charge is -2.48. The van der Waals surface area contributed by atoms with E-state index >= 15 is 0 Å². The molecule has 4 nitrogen and oxygen atoms in total. The highest BCUT2D eigenvalue weighted by Gasteiger charge is 2.64.